The Hall–Kier alpha value is -0.390. The Morgan fingerprint density at radius 3 is 2.65 bits per heavy atom. The minimum atomic E-state index is -3.10. The number of likely N-dealkylation sites (N-methyl/N-ethyl adjacent to an activating group) is 1. The maximum atomic E-state index is 12.1. The predicted molar refractivity (Wildman–Crippen MR) is 72.0 cm³/mol. The second-order valence-corrected chi connectivity index (χ2v) is 7.41. The monoisotopic (exact) mass is 317 g/mol. The Morgan fingerprint density at radius 2 is 2.12 bits per heavy atom. The van der Waals surface area contributed by atoms with Crippen LogP contribution < -0.4 is 5.32 Å². The van der Waals surface area contributed by atoms with E-state index < -0.39 is 9.84 Å². The van der Waals surface area contributed by atoms with Crippen LogP contribution >= 0.6 is 15.9 Å². The van der Waals surface area contributed by atoms with Gasteiger partial charge in [-0.3, -0.25) is 0 Å². The maximum Gasteiger partial charge on any atom is 0.182 e. The van der Waals surface area contributed by atoms with Gasteiger partial charge >= 0.3 is 0 Å². The second kappa shape index (κ2) is 5.08. The molecule has 1 fully saturated rings. The molecule has 0 atom stereocenters. The Morgan fingerprint density at radius 1 is 1.41 bits per heavy atom. The molecule has 0 aliphatic heterocycles. The summed E-state index contributed by atoms with van der Waals surface area (Å²) >= 11 is 3.37. The summed E-state index contributed by atoms with van der Waals surface area (Å²) in [5.41, 5.74) is 1.14. The normalized spacial score (nSPS) is 16.1. The molecular weight excluding hydrogens is 302 g/mol. The molecule has 0 radical (unpaired) electrons. The van der Waals surface area contributed by atoms with Crippen molar-refractivity contribution in [1.29, 1.82) is 0 Å². The summed E-state index contributed by atoms with van der Waals surface area (Å²) in [6, 6.07) is 5.53. The second-order valence-electron chi connectivity index (χ2n) is 4.36. The van der Waals surface area contributed by atoms with Gasteiger partial charge in [0.1, 0.15) is 0 Å². The molecule has 0 aromatic heterocycles. The summed E-state index contributed by atoms with van der Waals surface area (Å²) in [4.78, 5) is 0.438. The first-order valence-corrected chi connectivity index (χ1v) is 8.06. The van der Waals surface area contributed by atoms with Crippen LogP contribution in [0.25, 0.3) is 0 Å². The van der Waals surface area contributed by atoms with E-state index in [1.165, 1.54) is 0 Å². The fourth-order valence-corrected chi connectivity index (χ4v) is 4.57. The number of hydrogen-bond donors (Lipinski definition) is 1. The van der Waals surface area contributed by atoms with E-state index in [1.807, 2.05) is 19.2 Å². The van der Waals surface area contributed by atoms with Crippen LogP contribution in [0.15, 0.2) is 27.6 Å². The van der Waals surface area contributed by atoms with E-state index in [-0.39, 0.29) is 5.25 Å². The van der Waals surface area contributed by atoms with Gasteiger partial charge in [0.15, 0.2) is 9.84 Å². The average molecular weight is 318 g/mol. The van der Waals surface area contributed by atoms with Crippen molar-refractivity contribution in [2.24, 2.45) is 0 Å². The summed E-state index contributed by atoms with van der Waals surface area (Å²) in [5.74, 6) is 0. The van der Waals surface area contributed by atoms with Gasteiger partial charge in [-0.05, 0) is 66.5 Å². The van der Waals surface area contributed by atoms with Crippen LogP contribution in [-0.4, -0.2) is 27.3 Å². The summed E-state index contributed by atoms with van der Waals surface area (Å²) in [6.07, 6.45) is 2.51. The van der Waals surface area contributed by atoms with Crippen molar-refractivity contribution in [3.8, 4) is 0 Å². The van der Waals surface area contributed by atoms with Gasteiger partial charge in [0.2, 0.25) is 0 Å². The zero-order valence-corrected chi connectivity index (χ0v) is 12.1. The van der Waals surface area contributed by atoms with Crippen LogP contribution in [0.2, 0.25) is 0 Å². The van der Waals surface area contributed by atoms with Crippen molar-refractivity contribution in [3.05, 3.63) is 28.2 Å². The Bertz CT molecular complexity index is 509. The zero-order chi connectivity index (χ0) is 12.5. The Balaban J connectivity index is 2.25. The molecule has 0 saturated heterocycles. The number of sulfone groups is 1. The lowest BCUT2D eigenvalue weighted by Gasteiger charge is -2.08. The molecule has 0 heterocycles. The number of hydrogen-bond acceptors (Lipinski definition) is 3. The predicted octanol–water partition coefficient (Wildman–Crippen LogP) is 2.15. The van der Waals surface area contributed by atoms with Gasteiger partial charge in [0, 0.05) is 4.47 Å². The van der Waals surface area contributed by atoms with E-state index >= 15 is 0 Å². The number of nitrogens with one attached hydrogen (secondary N) is 1. The van der Waals surface area contributed by atoms with E-state index in [4.69, 9.17) is 0 Å². The van der Waals surface area contributed by atoms with E-state index in [0.29, 0.717) is 9.37 Å². The third-order valence-electron chi connectivity index (χ3n) is 2.93. The van der Waals surface area contributed by atoms with Gasteiger partial charge in [-0.1, -0.05) is 6.07 Å². The minimum Gasteiger partial charge on any atom is -0.319 e. The smallest absolute Gasteiger partial charge is 0.182 e. The lowest BCUT2D eigenvalue weighted by molar-refractivity contribution is 0.594. The lowest BCUT2D eigenvalue weighted by Crippen LogP contribution is -2.11. The molecule has 1 aromatic carbocycles. The van der Waals surface area contributed by atoms with Crippen LogP contribution in [0.1, 0.15) is 18.4 Å². The molecule has 94 valence electrons. The number of halogens is 1. The Kier molecular flexibility index (Phi) is 3.90. The highest BCUT2D eigenvalue weighted by Gasteiger charge is 2.37. The van der Waals surface area contributed by atoms with Gasteiger partial charge in [-0.2, -0.15) is 0 Å². The summed E-state index contributed by atoms with van der Waals surface area (Å²) in [7, 11) is -1.19. The summed E-state index contributed by atoms with van der Waals surface area (Å²) in [5, 5.41) is 2.92. The van der Waals surface area contributed by atoms with Crippen LogP contribution in [0.5, 0.6) is 0 Å². The van der Waals surface area contributed by atoms with E-state index in [1.54, 1.807) is 6.07 Å². The van der Waals surface area contributed by atoms with Gasteiger partial charge in [-0.15, -0.1) is 0 Å². The van der Waals surface area contributed by atoms with Crippen molar-refractivity contribution in [1.82, 2.24) is 5.32 Å². The lowest BCUT2D eigenvalue weighted by atomic mass is 10.1. The molecule has 1 aliphatic carbocycles. The molecule has 0 bridgehead atoms. The summed E-state index contributed by atoms with van der Waals surface area (Å²) < 4.78 is 24.9. The SMILES string of the molecule is CNCCc1ccc(S(=O)(=O)C2CC2)c(Br)c1. The summed E-state index contributed by atoms with van der Waals surface area (Å²) in [6.45, 7) is 0.890. The zero-order valence-electron chi connectivity index (χ0n) is 9.74. The first-order chi connectivity index (χ1) is 8.05. The molecule has 5 heteroatoms. The van der Waals surface area contributed by atoms with E-state index in [9.17, 15) is 8.42 Å². The van der Waals surface area contributed by atoms with Crippen molar-refractivity contribution >= 4 is 25.8 Å². The van der Waals surface area contributed by atoms with Crippen molar-refractivity contribution < 1.29 is 8.42 Å². The molecule has 2 rings (SSSR count). The molecule has 1 saturated carbocycles. The van der Waals surface area contributed by atoms with E-state index in [0.717, 1.165) is 31.4 Å². The Labute approximate surface area is 111 Å². The fourth-order valence-electron chi connectivity index (χ4n) is 1.76. The van der Waals surface area contributed by atoms with Crippen LogP contribution in [-0.2, 0) is 16.3 Å². The highest BCUT2D eigenvalue weighted by atomic mass is 79.9. The van der Waals surface area contributed by atoms with Gasteiger partial charge in [0.25, 0.3) is 0 Å². The fraction of sp³-hybridized carbons (Fsp3) is 0.500. The van der Waals surface area contributed by atoms with Crippen LogP contribution in [0.3, 0.4) is 0 Å². The molecule has 0 spiro atoms. The van der Waals surface area contributed by atoms with Crippen molar-refractivity contribution in [2.75, 3.05) is 13.6 Å². The number of benzene rings is 1. The molecule has 0 unspecified atom stereocenters. The molecule has 1 aromatic rings. The quantitative estimate of drug-likeness (QED) is 0.905. The van der Waals surface area contributed by atoms with Gasteiger partial charge < -0.3 is 5.32 Å². The first-order valence-electron chi connectivity index (χ1n) is 5.72. The average Bonchev–Trinajstić information content (AvgIpc) is 3.10. The van der Waals surface area contributed by atoms with Crippen LogP contribution in [0.4, 0.5) is 0 Å². The molecule has 0 amide bonds. The largest absolute Gasteiger partial charge is 0.319 e. The third-order valence-corrected chi connectivity index (χ3v) is 6.17. The standard InChI is InChI=1S/C12H16BrNO2S/c1-14-7-6-9-2-5-12(11(13)8-9)17(15,16)10-3-4-10/h2,5,8,10,14H,3-4,6-7H2,1H3. The first kappa shape index (κ1) is 13.1. The maximum absolute atomic E-state index is 12.1. The molecule has 3 nitrogen and oxygen atoms in total. The number of rotatable bonds is 5. The van der Waals surface area contributed by atoms with Crippen molar-refractivity contribution in [3.63, 3.8) is 0 Å². The van der Waals surface area contributed by atoms with E-state index in [2.05, 4.69) is 21.2 Å². The van der Waals surface area contributed by atoms with Crippen molar-refractivity contribution in [2.45, 2.75) is 29.4 Å². The minimum absolute atomic E-state index is 0.151. The van der Waals surface area contributed by atoms with Gasteiger partial charge in [0.05, 0.1) is 10.1 Å². The highest BCUT2D eigenvalue weighted by molar-refractivity contribution is 9.10. The third kappa shape index (κ3) is 2.89. The van der Waals surface area contributed by atoms with Gasteiger partial charge in [-0.25, -0.2) is 8.42 Å². The molecular formula is C12H16BrNO2S. The topological polar surface area (TPSA) is 46.2 Å². The highest BCUT2D eigenvalue weighted by Crippen LogP contribution is 2.36. The molecule has 1 N–H and O–H groups in total. The molecule has 1 aliphatic rings. The molecule has 17 heavy (non-hydrogen) atoms. The van der Waals surface area contributed by atoms with Crippen LogP contribution in [0, 0.1) is 0 Å².